The van der Waals surface area contributed by atoms with Crippen molar-refractivity contribution in [3.8, 4) is 11.8 Å². The molecule has 0 fully saturated rings. The van der Waals surface area contributed by atoms with E-state index >= 15 is 0 Å². The van der Waals surface area contributed by atoms with Gasteiger partial charge >= 0.3 is 37.7 Å². The molecule has 0 atom stereocenters. The number of hydrogen-bond donors (Lipinski definition) is 0. The first kappa shape index (κ1) is 17.9. The molecule has 6 heteroatoms. The quantitative estimate of drug-likeness (QED) is 0.308. The van der Waals surface area contributed by atoms with E-state index in [4.69, 9.17) is 4.74 Å². The molecular formula is C13H11Li2N3O. The van der Waals surface area contributed by atoms with Crippen LogP contribution in [0.25, 0.3) is 0 Å². The summed E-state index contributed by atoms with van der Waals surface area (Å²) >= 11 is 0. The van der Waals surface area contributed by atoms with Crippen LogP contribution in [-0.4, -0.2) is 21.4 Å². The number of rotatable bonds is 3. The Bertz CT molecular complexity index is 506. The van der Waals surface area contributed by atoms with Gasteiger partial charge in [-0.3, -0.25) is 5.10 Å². The number of hydrogen-bond acceptors (Lipinski definition) is 3. The molecule has 0 radical (unpaired) electrons. The summed E-state index contributed by atoms with van der Waals surface area (Å²) in [6, 6.07) is 9.69. The van der Waals surface area contributed by atoms with Crippen LogP contribution in [0.3, 0.4) is 0 Å². The molecule has 0 unspecified atom stereocenters. The molecule has 1 aromatic carbocycles. The second kappa shape index (κ2) is 9.82. The molecule has 19 heavy (non-hydrogen) atoms. The van der Waals surface area contributed by atoms with Crippen LogP contribution < -0.4 is 37.7 Å². The van der Waals surface area contributed by atoms with E-state index in [9.17, 15) is 0 Å². The maximum Gasteiger partial charge on any atom is 1.00 e. The molecule has 0 saturated carbocycles. The van der Waals surface area contributed by atoms with Crippen molar-refractivity contribution in [1.29, 1.82) is 0 Å². The minimum Gasteiger partial charge on any atom is -0.421 e. The van der Waals surface area contributed by atoms with E-state index in [2.05, 4.69) is 28.3 Å². The molecule has 0 saturated heterocycles. The van der Waals surface area contributed by atoms with Gasteiger partial charge in [-0.05, 0) is 25.1 Å². The summed E-state index contributed by atoms with van der Waals surface area (Å²) in [5, 5.41) is 3.86. The van der Waals surface area contributed by atoms with Gasteiger partial charge in [0.2, 0.25) is 0 Å². The van der Waals surface area contributed by atoms with Crippen molar-refractivity contribution in [2.75, 3.05) is 6.61 Å². The zero-order valence-corrected chi connectivity index (χ0v) is 11.4. The van der Waals surface area contributed by atoms with Crippen molar-refractivity contribution < 1.29 is 42.5 Å². The van der Waals surface area contributed by atoms with Crippen molar-refractivity contribution in [1.82, 2.24) is 14.8 Å². The van der Waals surface area contributed by atoms with Gasteiger partial charge in [0.25, 0.3) is 0 Å². The van der Waals surface area contributed by atoms with Crippen molar-refractivity contribution in [2.45, 2.75) is 6.92 Å². The van der Waals surface area contributed by atoms with E-state index < -0.39 is 0 Å². The van der Waals surface area contributed by atoms with Gasteiger partial charge < -0.3 is 14.4 Å². The third kappa shape index (κ3) is 5.62. The van der Waals surface area contributed by atoms with Crippen LogP contribution in [0.15, 0.2) is 36.7 Å². The van der Waals surface area contributed by atoms with Crippen molar-refractivity contribution >= 4 is 0 Å². The first-order chi connectivity index (χ1) is 8.40. The number of benzene rings is 1. The van der Waals surface area contributed by atoms with E-state index in [-0.39, 0.29) is 37.7 Å². The zero-order chi connectivity index (χ0) is 11.9. The van der Waals surface area contributed by atoms with E-state index in [1.165, 1.54) is 11.0 Å². The van der Waals surface area contributed by atoms with Crippen molar-refractivity contribution in [2.24, 2.45) is 0 Å². The van der Waals surface area contributed by atoms with Crippen LogP contribution in [0.2, 0.25) is 0 Å². The van der Waals surface area contributed by atoms with Crippen molar-refractivity contribution in [3.63, 3.8) is 0 Å². The first-order valence-electron chi connectivity index (χ1n) is 5.25. The largest absolute Gasteiger partial charge is 1.00 e. The average Bonchev–Trinajstić information content (AvgIpc) is 2.89. The van der Waals surface area contributed by atoms with Crippen LogP contribution >= 0.6 is 0 Å². The number of ether oxygens (including phenoxy) is 1. The fourth-order valence-electron chi connectivity index (χ4n) is 1.22. The first-order valence-corrected chi connectivity index (χ1v) is 5.25. The molecule has 86 valence electrons. The SMILES string of the molecule is CCO[C-](C#Cc1ccccc1)n1cn[c-]n1.[Li+].[Li+]. The fourth-order valence-corrected chi connectivity index (χ4v) is 1.22. The van der Waals surface area contributed by atoms with Gasteiger partial charge in [-0.2, -0.15) is 5.92 Å². The standard InChI is InChI=1S/C13H11N3O.2Li/c1-2-17-13(16-11-14-10-15-16)9-8-12-6-4-3-5-7-12;;/h3-7,11H,2H2,1H3;;/q-2;2*+1. The van der Waals surface area contributed by atoms with Crippen LogP contribution in [-0.2, 0) is 4.74 Å². The summed E-state index contributed by atoms with van der Waals surface area (Å²) < 4.78 is 6.85. The monoisotopic (exact) mass is 239 g/mol. The maximum absolute atomic E-state index is 5.39. The maximum atomic E-state index is 5.39. The van der Waals surface area contributed by atoms with Gasteiger partial charge in [-0.15, -0.1) is 0 Å². The van der Waals surface area contributed by atoms with E-state index in [0.717, 1.165) is 5.56 Å². The number of aromatic nitrogens is 3. The summed E-state index contributed by atoms with van der Waals surface area (Å²) in [4.78, 5) is 3.74. The number of nitrogens with zero attached hydrogens (tertiary/aromatic N) is 3. The van der Waals surface area contributed by atoms with Gasteiger partial charge in [-0.25, -0.2) is 5.92 Å². The molecule has 0 bridgehead atoms. The van der Waals surface area contributed by atoms with Crippen LogP contribution in [0.1, 0.15) is 12.5 Å². The van der Waals surface area contributed by atoms with Gasteiger partial charge in [-0.1, -0.05) is 30.3 Å². The Hall–Kier alpha value is -1.06. The second-order valence-electron chi connectivity index (χ2n) is 3.14. The molecule has 0 spiro atoms. The predicted octanol–water partition coefficient (Wildman–Crippen LogP) is -4.49. The topological polar surface area (TPSA) is 39.9 Å². The van der Waals surface area contributed by atoms with Crippen LogP contribution in [0.5, 0.6) is 0 Å². The Morgan fingerprint density at radius 2 is 2.05 bits per heavy atom. The molecule has 1 heterocycles. The normalized spacial score (nSPS) is 8.47. The Balaban J connectivity index is 0.00000162. The van der Waals surface area contributed by atoms with Gasteiger partial charge in [0.15, 0.2) is 0 Å². The summed E-state index contributed by atoms with van der Waals surface area (Å²) in [7, 11) is 0. The minimum atomic E-state index is 0. The Kier molecular flexibility index (Phi) is 9.27. The molecule has 0 aliphatic carbocycles. The van der Waals surface area contributed by atoms with Gasteiger partial charge in [0.1, 0.15) is 6.23 Å². The van der Waals surface area contributed by atoms with E-state index in [1.807, 2.05) is 37.3 Å². The minimum absolute atomic E-state index is 0. The van der Waals surface area contributed by atoms with E-state index in [1.54, 1.807) is 0 Å². The fraction of sp³-hybridized carbons (Fsp3) is 0.154. The smallest absolute Gasteiger partial charge is 0.421 e. The van der Waals surface area contributed by atoms with Crippen molar-refractivity contribution in [3.05, 3.63) is 54.8 Å². The summed E-state index contributed by atoms with van der Waals surface area (Å²) in [6.07, 6.45) is 4.41. The molecule has 2 aromatic rings. The van der Waals surface area contributed by atoms with Crippen LogP contribution in [0, 0.1) is 24.4 Å². The average molecular weight is 239 g/mol. The molecule has 0 aliphatic rings. The molecule has 4 nitrogen and oxygen atoms in total. The third-order valence-electron chi connectivity index (χ3n) is 1.95. The Labute approximate surface area is 137 Å². The molecule has 1 aromatic heterocycles. The summed E-state index contributed by atoms with van der Waals surface area (Å²) in [6.45, 7) is 2.42. The zero-order valence-electron chi connectivity index (χ0n) is 11.4. The molecule has 0 N–H and O–H groups in total. The Morgan fingerprint density at radius 1 is 1.32 bits per heavy atom. The van der Waals surface area contributed by atoms with Crippen LogP contribution in [0.4, 0.5) is 0 Å². The molecule has 0 amide bonds. The third-order valence-corrected chi connectivity index (χ3v) is 1.95. The van der Waals surface area contributed by atoms with Gasteiger partial charge in [0, 0.05) is 6.61 Å². The predicted molar refractivity (Wildman–Crippen MR) is 62.4 cm³/mol. The second-order valence-corrected chi connectivity index (χ2v) is 3.14. The summed E-state index contributed by atoms with van der Waals surface area (Å²) in [5.74, 6) is 5.93. The molecule has 0 aliphatic heterocycles. The van der Waals surface area contributed by atoms with Gasteiger partial charge in [0.05, 0.1) is 0 Å². The molecule has 2 rings (SSSR count). The van der Waals surface area contributed by atoms with E-state index in [0.29, 0.717) is 12.8 Å². The molecular weight excluding hydrogens is 228 g/mol. The summed E-state index contributed by atoms with van der Waals surface area (Å²) in [5.41, 5.74) is 0.925. The Morgan fingerprint density at radius 3 is 2.63 bits per heavy atom.